The van der Waals surface area contributed by atoms with Crippen molar-refractivity contribution in [3.8, 4) is 0 Å². The molecule has 1 rings (SSSR count). The van der Waals surface area contributed by atoms with E-state index in [-0.39, 0.29) is 10.5 Å². The Morgan fingerprint density at radius 1 is 1.56 bits per heavy atom. The summed E-state index contributed by atoms with van der Waals surface area (Å²) in [6, 6.07) is -1.16. The molecule has 0 aliphatic heterocycles. The highest BCUT2D eigenvalue weighted by molar-refractivity contribution is 7.07. The van der Waals surface area contributed by atoms with Crippen LogP contribution in [-0.4, -0.2) is 27.8 Å². The molecule has 0 radical (unpaired) electrons. The normalized spacial score (nSPS) is 14.3. The lowest BCUT2D eigenvalue weighted by atomic mass is 10.2. The van der Waals surface area contributed by atoms with E-state index < -0.39 is 23.7 Å². The van der Waals surface area contributed by atoms with Gasteiger partial charge in [0.05, 0.1) is 5.69 Å². The minimum Gasteiger partial charge on any atom is -0.480 e. The Hall–Kier alpha value is -1.67. The third kappa shape index (κ3) is 4.30. The van der Waals surface area contributed by atoms with Gasteiger partial charge in [0.1, 0.15) is 11.6 Å². The van der Waals surface area contributed by atoms with Crippen LogP contribution in [0.4, 0.5) is 4.79 Å². The number of amides is 1. The number of ether oxygens (including phenoxy) is 1. The molecule has 100 valence electrons. The first kappa shape index (κ1) is 14.4. The van der Waals surface area contributed by atoms with Crippen LogP contribution in [0.3, 0.4) is 0 Å². The van der Waals surface area contributed by atoms with E-state index in [2.05, 4.69) is 9.98 Å². The summed E-state index contributed by atoms with van der Waals surface area (Å²) in [6.07, 6.45) is -0.740. The summed E-state index contributed by atoms with van der Waals surface area (Å²) in [5.74, 6) is -1.16. The fourth-order valence-corrected chi connectivity index (χ4v) is 1.76. The van der Waals surface area contributed by atoms with Gasteiger partial charge in [-0.2, -0.15) is 0 Å². The molecule has 4 N–H and O–H groups in total. The number of H-pyrrole nitrogens is 1. The number of carboxylic acids is 1. The van der Waals surface area contributed by atoms with E-state index in [1.165, 1.54) is 5.38 Å². The molecule has 18 heavy (non-hydrogen) atoms. The van der Waals surface area contributed by atoms with E-state index in [0.29, 0.717) is 0 Å². The Balaban J connectivity index is 2.86. The van der Waals surface area contributed by atoms with Crippen molar-refractivity contribution in [3.05, 3.63) is 15.9 Å². The van der Waals surface area contributed by atoms with Crippen molar-refractivity contribution in [1.29, 1.82) is 0 Å². The zero-order valence-electron chi connectivity index (χ0n) is 10.3. The number of aromatic amines is 1. The molecule has 0 aliphatic carbocycles. The number of carboxylic acid groups (broad SMARTS) is 1. The highest BCUT2D eigenvalue weighted by Gasteiger charge is 2.17. The van der Waals surface area contributed by atoms with Crippen LogP contribution in [0.2, 0.25) is 0 Å². The zero-order chi connectivity index (χ0) is 13.9. The lowest BCUT2D eigenvalue weighted by Crippen LogP contribution is -2.24. The molecule has 0 saturated carbocycles. The number of hydrogen-bond acceptors (Lipinski definition) is 5. The van der Waals surface area contributed by atoms with Crippen LogP contribution in [0.1, 0.15) is 32.5 Å². The SMILES string of the molecule is CC(C)(C)OC(=O)N=c1[nH]c(C(N)C(=O)O)cs1. The third-order valence-corrected chi connectivity index (χ3v) is 2.52. The largest absolute Gasteiger partial charge is 0.480 e. The molecule has 1 aromatic heterocycles. The maximum Gasteiger partial charge on any atom is 0.436 e. The van der Waals surface area contributed by atoms with Crippen molar-refractivity contribution in [2.24, 2.45) is 10.7 Å². The summed E-state index contributed by atoms with van der Waals surface area (Å²) >= 11 is 1.08. The summed E-state index contributed by atoms with van der Waals surface area (Å²) in [5, 5.41) is 10.2. The van der Waals surface area contributed by atoms with Crippen LogP contribution in [0.15, 0.2) is 10.4 Å². The maximum absolute atomic E-state index is 11.4. The number of rotatable bonds is 2. The van der Waals surface area contributed by atoms with Crippen molar-refractivity contribution in [3.63, 3.8) is 0 Å². The number of aromatic nitrogens is 1. The predicted molar refractivity (Wildman–Crippen MR) is 65.0 cm³/mol. The number of nitrogens with zero attached hydrogens (tertiary/aromatic N) is 1. The Labute approximate surface area is 107 Å². The molecule has 1 amide bonds. The van der Waals surface area contributed by atoms with Crippen LogP contribution in [0.25, 0.3) is 0 Å². The number of carbonyl (C=O) groups excluding carboxylic acids is 1. The summed E-state index contributed by atoms with van der Waals surface area (Å²) in [7, 11) is 0. The summed E-state index contributed by atoms with van der Waals surface area (Å²) in [6.45, 7) is 5.18. The standard InChI is InChI=1S/C10H15N3O4S/c1-10(2,3)17-9(16)13-8-12-5(4-18-8)6(11)7(14)15/h4,6H,11H2,1-3H3,(H,14,15)(H,12,13,16). The van der Waals surface area contributed by atoms with Gasteiger partial charge in [-0.1, -0.05) is 0 Å². The lowest BCUT2D eigenvalue weighted by molar-refractivity contribution is -0.138. The molecule has 1 aromatic rings. The van der Waals surface area contributed by atoms with Crippen LogP contribution in [0, 0.1) is 0 Å². The molecule has 1 heterocycles. The number of nitrogens with two attached hydrogens (primary N) is 1. The first-order valence-corrected chi connectivity index (χ1v) is 6.01. The fourth-order valence-electron chi connectivity index (χ4n) is 1.01. The quantitative estimate of drug-likeness (QED) is 0.742. The second-order valence-corrected chi connectivity index (χ2v) is 5.39. The fraction of sp³-hybridized carbons (Fsp3) is 0.500. The smallest absolute Gasteiger partial charge is 0.436 e. The summed E-state index contributed by atoms with van der Waals surface area (Å²) < 4.78 is 4.99. The molecular weight excluding hydrogens is 258 g/mol. The second kappa shape index (κ2) is 5.32. The van der Waals surface area contributed by atoms with E-state index in [4.69, 9.17) is 15.6 Å². The molecule has 1 atom stereocenters. The molecule has 0 bridgehead atoms. The molecule has 0 aliphatic rings. The molecule has 1 unspecified atom stereocenters. The zero-order valence-corrected chi connectivity index (χ0v) is 11.1. The van der Waals surface area contributed by atoms with Crippen LogP contribution < -0.4 is 10.5 Å². The molecule has 7 nitrogen and oxygen atoms in total. The predicted octanol–water partition coefficient (Wildman–Crippen LogP) is 0.996. The van der Waals surface area contributed by atoms with Crippen LogP contribution in [-0.2, 0) is 9.53 Å². The second-order valence-electron chi connectivity index (χ2n) is 4.53. The van der Waals surface area contributed by atoms with E-state index in [1.54, 1.807) is 20.8 Å². The van der Waals surface area contributed by atoms with Gasteiger partial charge in [0.25, 0.3) is 0 Å². The summed E-state index contributed by atoms with van der Waals surface area (Å²) in [4.78, 5) is 28.6. The van der Waals surface area contributed by atoms with E-state index in [1.807, 2.05) is 0 Å². The average Bonchev–Trinajstić information content (AvgIpc) is 2.61. The number of aliphatic carboxylic acids is 1. The van der Waals surface area contributed by atoms with Gasteiger partial charge in [-0.05, 0) is 20.8 Å². The van der Waals surface area contributed by atoms with E-state index in [0.717, 1.165) is 11.3 Å². The molecule has 0 fully saturated rings. The van der Waals surface area contributed by atoms with Gasteiger partial charge in [0.15, 0.2) is 4.80 Å². The van der Waals surface area contributed by atoms with Crippen molar-refractivity contribution < 1.29 is 19.4 Å². The van der Waals surface area contributed by atoms with Crippen molar-refractivity contribution in [2.45, 2.75) is 32.4 Å². The maximum atomic E-state index is 11.4. The highest BCUT2D eigenvalue weighted by atomic mass is 32.1. The topological polar surface area (TPSA) is 118 Å². The molecule has 0 spiro atoms. The van der Waals surface area contributed by atoms with Gasteiger partial charge >= 0.3 is 12.1 Å². The van der Waals surface area contributed by atoms with Gasteiger partial charge in [-0.3, -0.25) is 4.79 Å². The molecule has 0 saturated heterocycles. The Kier molecular flexibility index (Phi) is 4.25. The number of carbonyl (C=O) groups is 2. The minimum absolute atomic E-state index is 0.246. The number of hydrogen-bond donors (Lipinski definition) is 3. The van der Waals surface area contributed by atoms with Crippen molar-refractivity contribution >= 4 is 23.4 Å². The van der Waals surface area contributed by atoms with Gasteiger partial charge < -0.3 is 20.6 Å². The Morgan fingerprint density at radius 3 is 2.67 bits per heavy atom. The van der Waals surface area contributed by atoms with E-state index in [9.17, 15) is 9.59 Å². The first-order chi connectivity index (χ1) is 8.19. The number of thiazole rings is 1. The van der Waals surface area contributed by atoms with E-state index >= 15 is 0 Å². The lowest BCUT2D eigenvalue weighted by Gasteiger charge is -2.16. The average molecular weight is 273 g/mol. The molecular formula is C10H15N3O4S. The van der Waals surface area contributed by atoms with Gasteiger partial charge in [-0.25, -0.2) is 4.79 Å². The minimum atomic E-state index is -1.16. The summed E-state index contributed by atoms with van der Waals surface area (Å²) in [5.41, 5.74) is 5.06. The van der Waals surface area contributed by atoms with Crippen LogP contribution >= 0.6 is 11.3 Å². The Bertz CT molecular complexity index is 512. The molecule has 0 aromatic carbocycles. The van der Waals surface area contributed by atoms with Gasteiger partial charge in [0.2, 0.25) is 0 Å². The van der Waals surface area contributed by atoms with Crippen LogP contribution in [0.5, 0.6) is 0 Å². The van der Waals surface area contributed by atoms with Gasteiger partial charge in [0, 0.05) is 5.38 Å². The highest BCUT2D eigenvalue weighted by Crippen LogP contribution is 2.09. The monoisotopic (exact) mass is 273 g/mol. The first-order valence-electron chi connectivity index (χ1n) is 5.13. The van der Waals surface area contributed by atoms with Gasteiger partial charge in [-0.15, -0.1) is 16.3 Å². The Morgan fingerprint density at radius 2 is 2.17 bits per heavy atom. The third-order valence-electron chi connectivity index (χ3n) is 1.74. The number of nitrogens with one attached hydrogen (secondary N) is 1. The van der Waals surface area contributed by atoms with Crippen molar-refractivity contribution in [2.75, 3.05) is 0 Å². The van der Waals surface area contributed by atoms with Crippen molar-refractivity contribution in [1.82, 2.24) is 4.98 Å². The molecule has 8 heteroatoms.